The van der Waals surface area contributed by atoms with E-state index in [4.69, 9.17) is 4.74 Å². The first-order valence-electron chi connectivity index (χ1n) is 7.92. The van der Waals surface area contributed by atoms with E-state index in [2.05, 4.69) is 4.98 Å². The van der Waals surface area contributed by atoms with Gasteiger partial charge in [0.15, 0.2) is 0 Å². The zero-order valence-corrected chi connectivity index (χ0v) is 13.2. The fourth-order valence-electron chi connectivity index (χ4n) is 2.78. The third kappa shape index (κ3) is 3.89. The minimum absolute atomic E-state index is 0.0936. The summed E-state index contributed by atoms with van der Waals surface area (Å²) in [7, 11) is 0. The molecular formula is C18H19FN2O3. The molecule has 0 saturated carbocycles. The number of carbonyl (C=O) groups excluding carboxylic acids is 1. The number of rotatable bonds is 4. The molecular weight excluding hydrogens is 311 g/mol. The molecule has 24 heavy (non-hydrogen) atoms. The van der Waals surface area contributed by atoms with Crippen LogP contribution in [0.15, 0.2) is 42.7 Å². The fourth-order valence-corrected chi connectivity index (χ4v) is 2.78. The molecule has 5 nitrogen and oxygen atoms in total. The first kappa shape index (κ1) is 16.4. The van der Waals surface area contributed by atoms with Crippen LogP contribution in [0.3, 0.4) is 0 Å². The number of piperidine rings is 1. The molecule has 0 spiro atoms. The number of likely N-dealkylation sites (tertiary alicyclic amines) is 1. The van der Waals surface area contributed by atoms with E-state index in [1.165, 1.54) is 12.1 Å². The number of carbonyl (C=O) groups is 1. The number of nitrogens with zero attached hydrogens (tertiary/aromatic N) is 2. The minimum atomic E-state index is -0.563. The number of hydrogen-bond donors (Lipinski definition) is 1. The number of benzene rings is 1. The van der Waals surface area contributed by atoms with Crippen molar-refractivity contribution in [2.45, 2.75) is 25.6 Å². The molecule has 126 valence electrons. The van der Waals surface area contributed by atoms with Gasteiger partial charge in [-0.1, -0.05) is 6.07 Å². The lowest BCUT2D eigenvalue weighted by molar-refractivity contribution is -0.000517. The second-order valence-corrected chi connectivity index (χ2v) is 5.83. The number of amides is 1. The van der Waals surface area contributed by atoms with Crippen LogP contribution in [0.4, 0.5) is 4.39 Å². The van der Waals surface area contributed by atoms with Crippen LogP contribution in [-0.2, 0) is 11.3 Å². The van der Waals surface area contributed by atoms with Crippen LogP contribution >= 0.6 is 0 Å². The predicted molar refractivity (Wildman–Crippen MR) is 86.0 cm³/mol. The number of aromatic nitrogens is 1. The number of pyridine rings is 1. The van der Waals surface area contributed by atoms with Crippen molar-refractivity contribution in [2.75, 3.05) is 13.1 Å². The molecule has 0 unspecified atom stereocenters. The van der Waals surface area contributed by atoms with Gasteiger partial charge in [0, 0.05) is 31.5 Å². The number of ether oxygens (including phenoxy) is 1. The van der Waals surface area contributed by atoms with Crippen LogP contribution in [0.1, 0.15) is 28.8 Å². The van der Waals surface area contributed by atoms with Crippen LogP contribution in [0, 0.1) is 5.82 Å². The van der Waals surface area contributed by atoms with Gasteiger partial charge in [-0.25, -0.2) is 4.39 Å². The monoisotopic (exact) mass is 330 g/mol. The molecule has 1 aromatic carbocycles. The highest BCUT2D eigenvalue weighted by Crippen LogP contribution is 2.23. The maximum atomic E-state index is 13.0. The van der Waals surface area contributed by atoms with Gasteiger partial charge in [-0.15, -0.1) is 0 Å². The first-order valence-corrected chi connectivity index (χ1v) is 7.92. The van der Waals surface area contributed by atoms with Gasteiger partial charge in [-0.05, 0) is 36.6 Å². The summed E-state index contributed by atoms with van der Waals surface area (Å²) >= 11 is 0. The van der Waals surface area contributed by atoms with Crippen LogP contribution in [0.2, 0.25) is 0 Å². The molecule has 6 heteroatoms. The quantitative estimate of drug-likeness (QED) is 0.936. The lowest BCUT2D eigenvalue weighted by atomic mass is 10.1. The number of phenolic OH excluding ortho intramolecular Hbond substituents is 1. The third-order valence-corrected chi connectivity index (χ3v) is 4.13. The van der Waals surface area contributed by atoms with Crippen molar-refractivity contribution in [2.24, 2.45) is 0 Å². The SMILES string of the molecule is O=C(c1ccc(F)cc1O)N1CCC(OCc2cccnc2)CC1. The lowest BCUT2D eigenvalue weighted by Crippen LogP contribution is -2.40. The standard InChI is InChI=1S/C18H19FN2O3/c19-14-3-4-16(17(22)10-14)18(23)21-8-5-15(6-9-21)24-12-13-2-1-7-20-11-13/h1-4,7,10-11,15,22H,5-6,8-9,12H2. The number of halogens is 1. The Hall–Kier alpha value is -2.47. The van der Waals surface area contributed by atoms with Gasteiger partial charge in [-0.2, -0.15) is 0 Å². The maximum Gasteiger partial charge on any atom is 0.257 e. The normalized spacial score (nSPS) is 15.5. The Kier molecular flexibility index (Phi) is 5.05. The zero-order chi connectivity index (χ0) is 16.9. The Morgan fingerprint density at radius 1 is 1.33 bits per heavy atom. The van der Waals surface area contributed by atoms with Crippen molar-refractivity contribution in [1.82, 2.24) is 9.88 Å². The maximum absolute atomic E-state index is 13.0. The van der Waals surface area contributed by atoms with Crippen molar-refractivity contribution in [3.8, 4) is 5.75 Å². The Bertz CT molecular complexity index is 701. The van der Waals surface area contributed by atoms with Crippen LogP contribution in [0.5, 0.6) is 5.75 Å². The van der Waals surface area contributed by atoms with Gasteiger partial charge in [0.05, 0.1) is 18.3 Å². The highest BCUT2D eigenvalue weighted by Gasteiger charge is 2.25. The van der Waals surface area contributed by atoms with E-state index in [-0.39, 0.29) is 23.3 Å². The molecule has 1 aliphatic heterocycles. The van der Waals surface area contributed by atoms with E-state index in [9.17, 15) is 14.3 Å². The summed E-state index contributed by atoms with van der Waals surface area (Å²) in [5.41, 5.74) is 1.15. The van der Waals surface area contributed by atoms with Crippen molar-refractivity contribution in [3.63, 3.8) is 0 Å². The van der Waals surface area contributed by atoms with Gasteiger partial charge in [-0.3, -0.25) is 9.78 Å². The molecule has 1 saturated heterocycles. The number of phenols is 1. The number of aromatic hydroxyl groups is 1. The molecule has 1 N–H and O–H groups in total. The largest absolute Gasteiger partial charge is 0.507 e. The van der Waals surface area contributed by atoms with Gasteiger partial charge in [0.25, 0.3) is 5.91 Å². The summed E-state index contributed by atoms with van der Waals surface area (Å²) in [6.07, 6.45) is 5.05. The molecule has 0 radical (unpaired) electrons. The Labute approximate surface area is 139 Å². The Morgan fingerprint density at radius 3 is 2.79 bits per heavy atom. The minimum Gasteiger partial charge on any atom is -0.507 e. The Morgan fingerprint density at radius 2 is 2.12 bits per heavy atom. The number of hydrogen-bond acceptors (Lipinski definition) is 4. The van der Waals surface area contributed by atoms with E-state index >= 15 is 0 Å². The molecule has 2 heterocycles. The van der Waals surface area contributed by atoms with E-state index in [1.807, 2.05) is 12.1 Å². The second-order valence-electron chi connectivity index (χ2n) is 5.83. The molecule has 1 amide bonds. The summed E-state index contributed by atoms with van der Waals surface area (Å²) in [6.45, 7) is 1.60. The molecule has 2 aromatic rings. The smallest absolute Gasteiger partial charge is 0.257 e. The van der Waals surface area contributed by atoms with Crippen molar-refractivity contribution >= 4 is 5.91 Å². The zero-order valence-electron chi connectivity index (χ0n) is 13.2. The molecule has 0 aliphatic carbocycles. The highest BCUT2D eigenvalue weighted by atomic mass is 19.1. The lowest BCUT2D eigenvalue weighted by Gasteiger charge is -2.32. The van der Waals surface area contributed by atoms with Crippen molar-refractivity contribution < 1.29 is 19.0 Å². The molecule has 1 aliphatic rings. The molecule has 3 rings (SSSR count). The Balaban J connectivity index is 1.52. The first-order chi connectivity index (χ1) is 11.6. The van der Waals surface area contributed by atoms with Crippen LogP contribution < -0.4 is 0 Å². The van der Waals surface area contributed by atoms with Crippen LogP contribution in [-0.4, -0.2) is 40.1 Å². The molecule has 1 fully saturated rings. The van der Waals surface area contributed by atoms with Crippen molar-refractivity contribution in [1.29, 1.82) is 0 Å². The van der Waals surface area contributed by atoms with E-state index in [0.29, 0.717) is 19.7 Å². The van der Waals surface area contributed by atoms with Gasteiger partial charge < -0.3 is 14.7 Å². The van der Waals surface area contributed by atoms with E-state index < -0.39 is 5.82 Å². The fraction of sp³-hybridized carbons (Fsp3) is 0.333. The second kappa shape index (κ2) is 7.40. The predicted octanol–water partition coefficient (Wildman–Crippen LogP) is 2.75. The molecule has 0 bridgehead atoms. The van der Waals surface area contributed by atoms with E-state index in [0.717, 1.165) is 24.5 Å². The average Bonchev–Trinajstić information content (AvgIpc) is 2.61. The summed E-state index contributed by atoms with van der Waals surface area (Å²) < 4.78 is 18.9. The van der Waals surface area contributed by atoms with Crippen LogP contribution in [0.25, 0.3) is 0 Å². The summed E-state index contributed by atoms with van der Waals surface area (Å²) in [5, 5.41) is 9.74. The van der Waals surface area contributed by atoms with Crippen molar-refractivity contribution in [3.05, 3.63) is 59.7 Å². The third-order valence-electron chi connectivity index (χ3n) is 4.13. The summed E-state index contributed by atoms with van der Waals surface area (Å²) in [6, 6.07) is 7.28. The van der Waals surface area contributed by atoms with Gasteiger partial charge >= 0.3 is 0 Å². The topological polar surface area (TPSA) is 62.7 Å². The molecule has 1 aromatic heterocycles. The summed E-state index contributed by atoms with van der Waals surface area (Å²) in [4.78, 5) is 18.1. The molecule has 0 atom stereocenters. The highest BCUT2D eigenvalue weighted by molar-refractivity contribution is 5.96. The summed E-state index contributed by atoms with van der Waals surface area (Å²) in [5.74, 6) is -1.17. The van der Waals surface area contributed by atoms with Gasteiger partial charge in [0.2, 0.25) is 0 Å². The average molecular weight is 330 g/mol. The van der Waals surface area contributed by atoms with E-state index in [1.54, 1.807) is 17.3 Å². The van der Waals surface area contributed by atoms with Gasteiger partial charge in [0.1, 0.15) is 11.6 Å².